The number of carbonyl (C=O) groups is 1. The third-order valence-electron chi connectivity index (χ3n) is 3.94. The quantitative estimate of drug-likeness (QED) is 0.908. The zero-order valence-electron chi connectivity index (χ0n) is 12.0. The minimum atomic E-state index is -0.224. The van der Waals surface area contributed by atoms with Crippen molar-refractivity contribution < 1.29 is 14.6 Å². The molecule has 2 aromatic rings. The molecular formula is C17H19NO3. The topological polar surface area (TPSA) is 58.6 Å². The van der Waals surface area contributed by atoms with Crippen LogP contribution in [-0.2, 0) is 4.74 Å². The van der Waals surface area contributed by atoms with Crippen molar-refractivity contribution in [2.24, 2.45) is 0 Å². The van der Waals surface area contributed by atoms with Gasteiger partial charge in [0.1, 0.15) is 5.75 Å². The molecule has 1 saturated carbocycles. The van der Waals surface area contributed by atoms with Crippen molar-refractivity contribution in [1.29, 1.82) is 0 Å². The molecule has 1 aliphatic rings. The van der Waals surface area contributed by atoms with Crippen LogP contribution in [-0.4, -0.2) is 29.8 Å². The van der Waals surface area contributed by atoms with Gasteiger partial charge in [-0.2, -0.15) is 0 Å². The van der Waals surface area contributed by atoms with Gasteiger partial charge in [-0.15, -0.1) is 0 Å². The van der Waals surface area contributed by atoms with Gasteiger partial charge >= 0.3 is 0 Å². The molecule has 3 rings (SSSR count). The fourth-order valence-electron chi connectivity index (χ4n) is 2.73. The Hall–Kier alpha value is -2.07. The molecule has 0 radical (unpaired) electrons. The Kier molecular flexibility index (Phi) is 3.80. The highest BCUT2D eigenvalue weighted by Crippen LogP contribution is 2.27. The number of hydrogen-bond donors (Lipinski definition) is 2. The molecule has 0 atom stereocenters. The lowest BCUT2D eigenvalue weighted by molar-refractivity contribution is -0.00863. The summed E-state index contributed by atoms with van der Waals surface area (Å²) in [6.45, 7) is 2.68. The lowest BCUT2D eigenvalue weighted by Crippen LogP contribution is -2.47. The van der Waals surface area contributed by atoms with Crippen molar-refractivity contribution in [1.82, 2.24) is 5.32 Å². The smallest absolute Gasteiger partial charge is 0.255 e. The average Bonchev–Trinajstić information content (AvgIpc) is 2.44. The summed E-state index contributed by atoms with van der Waals surface area (Å²) in [5, 5.41) is 14.8. The van der Waals surface area contributed by atoms with Gasteiger partial charge in [-0.05, 0) is 42.7 Å². The van der Waals surface area contributed by atoms with Gasteiger partial charge in [-0.3, -0.25) is 4.79 Å². The van der Waals surface area contributed by atoms with Crippen LogP contribution in [0.5, 0.6) is 5.75 Å². The number of hydrogen-bond acceptors (Lipinski definition) is 3. The SMILES string of the molecule is CCOC1CC(NC(=O)c2cc3ccccc3cc2O)C1. The Balaban J connectivity index is 1.72. The van der Waals surface area contributed by atoms with Crippen molar-refractivity contribution in [3.05, 3.63) is 42.0 Å². The second-order valence-electron chi connectivity index (χ2n) is 5.44. The maximum Gasteiger partial charge on any atom is 0.255 e. The largest absolute Gasteiger partial charge is 0.507 e. The summed E-state index contributed by atoms with van der Waals surface area (Å²) in [5.74, 6) is -0.204. The normalized spacial score (nSPS) is 21.0. The third-order valence-corrected chi connectivity index (χ3v) is 3.94. The summed E-state index contributed by atoms with van der Waals surface area (Å²) in [6, 6.07) is 11.2. The molecule has 0 heterocycles. The van der Waals surface area contributed by atoms with E-state index in [4.69, 9.17) is 4.74 Å². The van der Waals surface area contributed by atoms with Gasteiger partial charge in [0.15, 0.2) is 0 Å². The maximum atomic E-state index is 12.3. The Bertz CT molecular complexity index is 662. The minimum absolute atomic E-state index is 0.0203. The van der Waals surface area contributed by atoms with Gasteiger partial charge in [-0.25, -0.2) is 0 Å². The molecule has 1 amide bonds. The van der Waals surface area contributed by atoms with E-state index in [1.165, 1.54) is 0 Å². The third kappa shape index (κ3) is 2.85. The van der Waals surface area contributed by atoms with Gasteiger partial charge in [-0.1, -0.05) is 24.3 Å². The van der Waals surface area contributed by atoms with Crippen LogP contribution >= 0.6 is 0 Å². The van der Waals surface area contributed by atoms with Crippen molar-refractivity contribution >= 4 is 16.7 Å². The molecule has 0 aliphatic heterocycles. The molecule has 0 saturated heterocycles. The predicted molar refractivity (Wildman–Crippen MR) is 81.5 cm³/mol. The van der Waals surface area contributed by atoms with Gasteiger partial charge in [0.05, 0.1) is 11.7 Å². The molecule has 1 aliphatic carbocycles. The second kappa shape index (κ2) is 5.74. The summed E-state index contributed by atoms with van der Waals surface area (Å²) in [6.07, 6.45) is 1.94. The van der Waals surface area contributed by atoms with Crippen LogP contribution in [0, 0.1) is 0 Å². The van der Waals surface area contributed by atoms with Gasteiger partial charge in [0.2, 0.25) is 0 Å². The van der Waals surface area contributed by atoms with Crippen molar-refractivity contribution in [3.8, 4) is 5.75 Å². The zero-order chi connectivity index (χ0) is 14.8. The standard InChI is InChI=1S/C17H19NO3/c1-2-21-14-9-13(10-14)18-17(20)15-7-11-5-3-4-6-12(11)8-16(15)19/h3-8,13-14,19H,2,9-10H2,1H3,(H,18,20). The summed E-state index contributed by atoms with van der Waals surface area (Å²) >= 11 is 0. The first-order chi connectivity index (χ1) is 10.2. The number of amides is 1. The van der Waals surface area contributed by atoms with Crippen LogP contribution in [0.1, 0.15) is 30.1 Å². The first-order valence-corrected chi connectivity index (χ1v) is 7.31. The van der Waals surface area contributed by atoms with Gasteiger partial charge in [0.25, 0.3) is 5.91 Å². The molecule has 4 nitrogen and oxygen atoms in total. The number of rotatable bonds is 4. The van der Waals surface area contributed by atoms with Crippen molar-refractivity contribution in [2.45, 2.75) is 31.9 Å². The highest BCUT2D eigenvalue weighted by Gasteiger charge is 2.31. The molecule has 2 aromatic carbocycles. The van der Waals surface area contributed by atoms with Crippen LogP contribution < -0.4 is 5.32 Å². The van der Waals surface area contributed by atoms with Crippen LogP contribution in [0.2, 0.25) is 0 Å². The minimum Gasteiger partial charge on any atom is -0.507 e. The van der Waals surface area contributed by atoms with Gasteiger partial charge < -0.3 is 15.2 Å². The Labute approximate surface area is 123 Å². The van der Waals surface area contributed by atoms with E-state index in [0.29, 0.717) is 12.2 Å². The molecule has 0 spiro atoms. The van der Waals surface area contributed by atoms with Crippen molar-refractivity contribution in [3.63, 3.8) is 0 Å². The number of phenols is 1. The predicted octanol–water partition coefficient (Wildman–Crippen LogP) is 2.84. The van der Waals surface area contributed by atoms with Crippen LogP contribution in [0.25, 0.3) is 10.8 Å². The van der Waals surface area contributed by atoms with E-state index in [1.54, 1.807) is 12.1 Å². The molecule has 1 fully saturated rings. The molecule has 110 valence electrons. The molecular weight excluding hydrogens is 266 g/mol. The van der Waals surface area contributed by atoms with E-state index in [0.717, 1.165) is 23.6 Å². The fourth-order valence-corrected chi connectivity index (χ4v) is 2.73. The molecule has 0 aromatic heterocycles. The number of aromatic hydroxyl groups is 1. The van der Waals surface area contributed by atoms with Crippen LogP contribution in [0.15, 0.2) is 36.4 Å². The zero-order valence-corrected chi connectivity index (χ0v) is 12.0. The average molecular weight is 285 g/mol. The fraction of sp³-hybridized carbons (Fsp3) is 0.353. The highest BCUT2D eigenvalue weighted by atomic mass is 16.5. The molecule has 0 unspecified atom stereocenters. The van der Waals surface area contributed by atoms with E-state index < -0.39 is 0 Å². The number of phenolic OH excluding ortho intramolecular Hbond substituents is 1. The Morgan fingerprint density at radius 3 is 2.62 bits per heavy atom. The Morgan fingerprint density at radius 2 is 1.95 bits per heavy atom. The van der Waals surface area contributed by atoms with Crippen molar-refractivity contribution in [2.75, 3.05) is 6.61 Å². The van der Waals surface area contributed by atoms with E-state index in [-0.39, 0.29) is 23.8 Å². The summed E-state index contributed by atoms with van der Waals surface area (Å²) in [7, 11) is 0. The van der Waals surface area contributed by atoms with Crippen LogP contribution in [0.3, 0.4) is 0 Å². The summed E-state index contributed by atoms with van der Waals surface area (Å²) < 4.78 is 5.48. The lowest BCUT2D eigenvalue weighted by atomic mass is 9.89. The van der Waals surface area contributed by atoms with E-state index in [1.807, 2.05) is 31.2 Å². The maximum absolute atomic E-state index is 12.3. The lowest BCUT2D eigenvalue weighted by Gasteiger charge is -2.35. The number of nitrogens with one attached hydrogen (secondary N) is 1. The van der Waals surface area contributed by atoms with Gasteiger partial charge in [0, 0.05) is 12.6 Å². The summed E-state index contributed by atoms with van der Waals surface area (Å²) in [5.41, 5.74) is 0.327. The molecule has 4 heteroatoms. The second-order valence-corrected chi connectivity index (χ2v) is 5.44. The van der Waals surface area contributed by atoms with E-state index in [9.17, 15) is 9.90 Å². The summed E-state index contributed by atoms with van der Waals surface area (Å²) in [4.78, 5) is 12.3. The molecule has 2 N–H and O–H groups in total. The number of ether oxygens (including phenoxy) is 1. The highest BCUT2D eigenvalue weighted by molar-refractivity contribution is 6.01. The first kappa shape index (κ1) is 13.9. The van der Waals surface area contributed by atoms with E-state index >= 15 is 0 Å². The molecule has 0 bridgehead atoms. The Morgan fingerprint density at radius 1 is 1.29 bits per heavy atom. The van der Waals surface area contributed by atoms with Crippen LogP contribution in [0.4, 0.5) is 0 Å². The number of carbonyl (C=O) groups excluding carboxylic acids is 1. The molecule has 21 heavy (non-hydrogen) atoms. The monoisotopic (exact) mass is 285 g/mol. The number of benzene rings is 2. The van der Waals surface area contributed by atoms with E-state index in [2.05, 4.69) is 5.32 Å². The number of fused-ring (bicyclic) bond motifs is 1. The first-order valence-electron chi connectivity index (χ1n) is 7.31.